The Bertz CT molecular complexity index is 905. The van der Waals surface area contributed by atoms with Gasteiger partial charge in [0.2, 0.25) is 0 Å². The molecular weight excluding hydrogens is 328 g/mol. The molecule has 0 saturated carbocycles. The van der Waals surface area contributed by atoms with Gasteiger partial charge in [0.25, 0.3) is 5.91 Å². The molecule has 0 spiro atoms. The Morgan fingerprint density at radius 3 is 2.78 bits per heavy atom. The van der Waals surface area contributed by atoms with E-state index in [2.05, 4.69) is 35.5 Å². The van der Waals surface area contributed by atoms with Gasteiger partial charge in [-0.05, 0) is 48.6 Å². The summed E-state index contributed by atoms with van der Waals surface area (Å²) >= 11 is 2.96. The molecule has 3 aromatic rings. The van der Waals surface area contributed by atoms with Crippen molar-refractivity contribution in [2.45, 2.75) is 20.4 Å². The molecule has 4 nitrogen and oxygen atoms in total. The number of ether oxygens (including phenoxy) is 1. The predicted molar refractivity (Wildman–Crippen MR) is 95.4 cm³/mol. The number of carbonyl (C=O) groups excluding carboxylic acids is 1. The SMILES string of the molecule is COCCn1c(=NC(=O)c2cccs2)sc2cc(C)c(C)cc21. The molecule has 3 rings (SSSR count). The van der Waals surface area contributed by atoms with E-state index in [9.17, 15) is 4.79 Å². The van der Waals surface area contributed by atoms with Gasteiger partial charge >= 0.3 is 0 Å². The summed E-state index contributed by atoms with van der Waals surface area (Å²) in [6.07, 6.45) is 0. The first kappa shape index (κ1) is 16.1. The average molecular weight is 346 g/mol. The zero-order valence-corrected chi connectivity index (χ0v) is 15.0. The first-order valence-electron chi connectivity index (χ1n) is 7.32. The summed E-state index contributed by atoms with van der Waals surface area (Å²) in [6, 6.07) is 7.99. The molecule has 0 atom stereocenters. The van der Waals surface area contributed by atoms with Gasteiger partial charge in [0.15, 0.2) is 4.80 Å². The minimum absolute atomic E-state index is 0.189. The Balaban J connectivity index is 2.16. The molecule has 23 heavy (non-hydrogen) atoms. The number of aromatic nitrogens is 1. The number of hydrogen-bond donors (Lipinski definition) is 0. The highest BCUT2D eigenvalue weighted by Gasteiger charge is 2.11. The minimum Gasteiger partial charge on any atom is -0.383 e. The molecule has 0 aliphatic rings. The second-order valence-electron chi connectivity index (χ2n) is 5.33. The molecule has 0 saturated heterocycles. The normalized spacial score (nSPS) is 12.2. The Labute approximate surface area is 142 Å². The van der Waals surface area contributed by atoms with E-state index in [1.807, 2.05) is 11.4 Å². The number of rotatable bonds is 4. The van der Waals surface area contributed by atoms with Gasteiger partial charge in [0.05, 0.1) is 21.7 Å². The van der Waals surface area contributed by atoms with E-state index in [4.69, 9.17) is 4.74 Å². The largest absolute Gasteiger partial charge is 0.383 e. The van der Waals surface area contributed by atoms with Crippen molar-refractivity contribution < 1.29 is 9.53 Å². The van der Waals surface area contributed by atoms with E-state index in [0.717, 1.165) is 15.0 Å². The molecule has 120 valence electrons. The lowest BCUT2D eigenvalue weighted by Crippen LogP contribution is -2.19. The zero-order valence-electron chi connectivity index (χ0n) is 13.3. The van der Waals surface area contributed by atoms with Crippen LogP contribution < -0.4 is 4.80 Å². The molecule has 0 aliphatic carbocycles. The second-order valence-corrected chi connectivity index (χ2v) is 7.28. The van der Waals surface area contributed by atoms with Gasteiger partial charge in [0, 0.05) is 13.7 Å². The first-order valence-corrected chi connectivity index (χ1v) is 9.02. The summed E-state index contributed by atoms with van der Waals surface area (Å²) in [7, 11) is 1.68. The number of nitrogens with zero attached hydrogens (tertiary/aromatic N) is 2. The third kappa shape index (κ3) is 3.29. The van der Waals surface area contributed by atoms with Crippen LogP contribution in [0.1, 0.15) is 20.8 Å². The van der Waals surface area contributed by atoms with Crippen molar-refractivity contribution in [2.75, 3.05) is 13.7 Å². The maximum absolute atomic E-state index is 12.3. The number of fused-ring (bicyclic) bond motifs is 1. The molecule has 2 heterocycles. The number of aryl methyl sites for hydroxylation is 2. The molecule has 0 radical (unpaired) electrons. The average Bonchev–Trinajstić information content (AvgIpc) is 3.15. The van der Waals surface area contributed by atoms with Crippen molar-refractivity contribution >= 4 is 38.8 Å². The lowest BCUT2D eigenvalue weighted by Gasteiger charge is -2.06. The minimum atomic E-state index is -0.189. The van der Waals surface area contributed by atoms with E-state index in [-0.39, 0.29) is 5.91 Å². The van der Waals surface area contributed by atoms with Crippen LogP contribution in [0, 0.1) is 13.8 Å². The molecule has 0 aliphatic heterocycles. The number of methoxy groups -OCH3 is 1. The molecule has 0 bridgehead atoms. The standard InChI is InChI=1S/C17H18N2O2S2/c1-11-9-13-15(10-12(11)2)23-17(19(13)6-7-21-3)18-16(20)14-5-4-8-22-14/h4-5,8-10H,6-7H2,1-3H3. The lowest BCUT2D eigenvalue weighted by atomic mass is 10.1. The Morgan fingerprint density at radius 2 is 2.09 bits per heavy atom. The maximum atomic E-state index is 12.3. The van der Waals surface area contributed by atoms with Gasteiger partial charge in [0.1, 0.15) is 0 Å². The summed E-state index contributed by atoms with van der Waals surface area (Å²) in [5.74, 6) is -0.189. The highest BCUT2D eigenvalue weighted by molar-refractivity contribution is 7.16. The fourth-order valence-corrected chi connectivity index (χ4v) is 4.09. The van der Waals surface area contributed by atoms with Gasteiger partial charge in [-0.3, -0.25) is 4.79 Å². The summed E-state index contributed by atoms with van der Waals surface area (Å²) in [4.78, 5) is 18.0. The van der Waals surface area contributed by atoms with Crippen LogP contribution in [0.15, 0.2) is 34.6 Å². The Hall–Kier alpha value is -1.76. The number of thiophene rings is 1. The van der Waals surface area contributed by atoms with Gasteiger partial charge < -0.3 is 9.30 Å². The fraction of sp³-hybridized carbons (Fsp3) is 0.294. The van der Waals surface area contributed by atoms with E-state index in [0.29, 0.717) is 18.0 Å². The number of hydrogen-bond acceptors (Lipinski definition) is 4. The van der Waals surface area contributed by atoms with Crippen LogP contribution in [-0.4, -0.2) is 24.2 Å². The summed E-state index contributed by atoms with van der Waals surface area (Å²) in [6.45, 7) is 5.46. The highest BCUT2D eigenvalue weighted by Crippen LogP contribution is 2.22. The summed E-state index contributed by atoms with van der Waals surface area (Å²) in [5, 5.41) is 1.89. The van der Waals surface area contributed by atoms with Crippen LogP contribution in [0.2, 0.25) is 0 Å². The Morgan fingerprint density at radius 1 is 1.30 bits per heavy atom. The van der Waals surface area contributed by atoms with Crippen molar-refractivity contribution in [2.24, 2.45) is 4.99 Å². The van der Waals surface area contributed by atoms with Crippen LogP contribution in [0.25, 0.3) is 10.2 Å². The molecular formula is C17H18N2O2S2. The number of thiazole rings is 1. The van der Waals surface area contributed by atoms with Crippen LogP contribution >= 0.6 is 22.7 Å². The molecule has 0 unspecified atom stereocenters. The van der Waals surface area contributed by atoms with Gasteiger partial charge in [-0.2, -0.15) is 4.99 Å². The van der Waals surface area contributed by atoms with Crippen molar-refractivity contribution in [1.82, 2.24) is 4.57 Å². The van der Waals surface area contributed by atoms with E-state index in [1.54, 1.807) is 24.5 Å². The quantitative estimate of drug-likeness (QED) is 0.722. The van der Waals surface area contributed by atoms with E-state index < -0.39 is 0 Å². The van der Waals surface area contributed by atoms with Crippen molar-refractivity contribution in [3.8, 4) is 0 Å². The molecule has 0 fully saturated rings. The number of benzene rings is 1. The van der Waals surface area contributed by atoms with Gasteiger partial charge in [-0.1, -0.05) is 17.4 Å². The van der Waals surface area contributed by atoms with Crippen molar-refractivity contribution in [3.05, 3.63) is 50.5 Å². The van der Waals surface area contributed by atoms with Crippen molar-refractivity contribution in [1.29, 1.82) is 0 Å². The molecule has 1 amide bonds. The molecule has 2 aromatic heterocycles. The van der Waals surface area contributed by atoms with Gasteiger partial charge in [-0.25, -0.2) is 0 Å². The maximum Gasteiger partial charge on any atom is 0.289 e. The molecule has 0 N–H and O–H groups in total. The van der Waals surface area contributed by atoms with Crippen LogP contribution in [0.4, 0.5) is 0 Å². The lowest BCUT2D eigenvalue weighted by molar-refractivity contribution is 0.100. The summed E-state index contributed by atoms with van der Waals surface area (Å²) in [5.41, 5.74) is 3.58. The third-order valence-corrected chi connectivity index (χ3v) is 5.65. The molecule has 1 aromatic carbocycles. The monoisotopic (exact) mass is 346 g/mol. The molecule has 6 heteroatoms. The van der Waals surface area contributed by atoms with Crippen LogP contribution in [-0.2, 0) is 11.3 Å². The highest BCUT2D eigenvalue weighted by atomic mass is 32.1. The van der Waals surface area contributed by atoms with E-state index in [1.165, 1.54) is 22.5 Å². The number of amides is 1. The second kappa shape index (κ2) is 6.78. The predicted octanol–water partition coefficient (Wildman–Crippen LogP) is 3.77. The summed E-state index contributed by atoms with van der Waals surface area (Å²) < 4.78 is 8.42. The van der Waals surface area contributed by atoms with Crippen molar-refractivity contribution in [3.63, 3.8) is 0 Å². The Kier molecular flexibility index (Phi) is 4.75. The zero-order chi connectivity index (χ0) is 16.4. The van der Waals surface area contributed by atoms with Crippen LogP contribution in [0.5, 0.6) is 0 Å². The fourth-order valence-electron chi connectivity index (χ4n) is 2.35. The number of carbonyl (C=O) groups is 1. The van der Waals surface area contributed by atoms with Gasteiger partial charge in [-0.15, -0.1) is 11.3 Å². The third-order valence-electron chi connectivity index (χ3n) is 3.75. The first-order chi connectivity index (χ1) is 11.1. The van der Waals surface area contributed by atoms with E-state index >= 15 is 0 Å². The topological polar surface area (TPSA) is 43.6 Å². The van der Waals surface area contributed by atoms with Crippen LogP contribution in [0.3, 0.4) is 0 Å². The smallest absolute Gasteiger partial charge is 0.289 e.